The maximum Gasteiger partial charge on any atom is 0.239 e. The zero-order valence-corrected chi connectivity index (χ0v) is 14.0. The van der Waals surface area contributed by atoms with Crippen molar-refractivity contribution in [3.8, 4) is 0 Å². The van der Waals surface area contributed by atoms with Gasteiger partial charge in [0.05, 0.1) is 6.54 Å². The Morgan fingerprint density at radius 2 is 2.09 bits per heavy atom. The molecule has 120 valence electrons. The fraction of sp³-hybridized carbons (Fsp3) is 0.500. The monoisotopic (exact) mass is 323 g/mol. The van der Waals surface area contributed by atoms with E-state index in [1.807, 2.05) is 4.90 Å². The van der Waals surface area contributed by atoms with Gasteiger partial charge in [0.25, 0.3) is 0 Å². The van der Waals surface area contributed by atoms with Crippen molar-refractivity contribution in [2.24, 2.45) is 0 Å². The second kappa shape index (κ2) is 6.60. The predicted octanol–water partition coefficient (Wildman–Crippen LogP) is 2.19. The van der Waals surface area contributed by atoms with E-state index in [2.05, 4.69) is 31.4 Å². The van der Waals surface area contributed by atoms with Crippen LogP contribution in [-0.2, 0) is 11.3 Å². The third-order valence-electron chi connectivity index (χ3n) is 3.76. The summed E-state index contributed by atoms with van der Waals surface area (Å²) in [6.45, 7) is 6.88. The summed E-state index contributed by atoms with van der Waals surface area (Å²) in [5.74, 6) is -0.378. The minimum Gasteiger partial charge on any atom is -0.358 e. The quantitative estimate of drug-likeness (QED) is 0.834. The van der Waals surface area contributed by atoms with Gasteiger partial charge in [0.1, 0.15) is 5.82 Å². The molecule has 2 rings (SSSR count). The van der Waals surface area contributed by atoms with Gasteiger partial charge in [-0.05, 0) is 57.1 Å². The van der Waals surface area contributed by atoms with E-state index in [0.717, 1.165) is 12.0 Å². The largest absolute Gasteiger partial charge is 0.358 e. The number of hydrogen-bond acceptors (Lipinski definition) is 2. The smallest absolute Gasteiger partial charge is 0.239 e. The molecule has 1 heterocycles. The molecule has 1 atom stereocenters. The first-order valence-electron chi connectivity index (χ1n) is 7.37. The van der Waals surface area contributed by atoms with Gasteiger partial charge in [-0.1, -0.05) is 12.1 Å². The highest BCUT2D eigenvalue weighted by Crippen LogP contribution is 2.21. The van der Waals surface area contributed by atoms with E-state index in [0.29, 0.717) is 11.7 Å². The van der Waals surface area contributed by atoms with Gasteiger partial charge in [-0.15, -0.1) is 0 Å². The molecule has 1 aromatic rings. The summed E-state index contributed by atoms with van der Waals surface area (Å²) in [4.78, 5) is 14.0. The van der Waals surface area contributed by atoms with Gasteiger partial charge < -0.3 is 15.5 Å². The second-order valence-electron chi connectivity index (χ2n) is 6.40. The lowest BCUT2D eigenvalue weighted by molar-refractivity contribution is -0.122. The number of carbonyl (C=O) groups excluding carboxylic acids is 1. The van der Waals surface area contributed by atoms with Crippen molar-refractivity contribution in [1.82, 2.24) is 15.5 Å². The summed E-state index contributed by atoms with van der Waals surface area (Å²) in [5, 5.41) is 6.71. The highest BCUT2D eigenvalue weighted by Gasteiger charge is 2.33. The van der Waals surface area contributed by atoms with Gasteiger partial charge >= 0.3 is 0 Å². The molecule has 2 N–H and O–H groups in total. The van der Waals surface area contributed by atoms with Crippen LogP contribution >= 0.6 is 12.2 Å². The molecule has 0 bridgehead atoms. The van der Waals surface area contributed by atoms with Crippen LogP contribution in [0.15, 0.2) is 24.3 Å². The van der Waals surface area contributed by atoms with Crippen LogP contribution in [-0.4, -0.2) is 34.0 Å². The predicted molar refractivity (Wildman–Crippen MR) is 88.8 cm³/mol. The van der Waals surface area contributed by atoms with Gasteiger partial charge in [-0.3, -0.25) is 4.79 Å². The first-order chi connectivity index (χ1) is 10.3. The van der Waals surface area contributed by atoms with Crippen molar-refractivity contribution < 1.29 is 9.18 Å². The van der Waals surface area contributed by atoms with Crippen molar-refractivity contribution in [2.75, 3.05) is 6.54 Å². The van der Waals surface area contributed by atoms with Crippen LogP contribution in [0.3, 0.4) is 0 Å². The van der Waals surface area contributed by atoms with E-state index in [9.17, 15) is 9.18 Å². The lowest BCUT2D eigenvalue weighted by Gasteiger charge is -2.44. The average Bonchev–Trinajstić information content (AvgIpc) is 2.41. The molecule has 0 aliphatic carbocycles. The summed E-state index contributed by atoms with van der Waals surface area (Å²) in [6.07, 6.45) is 0.915. The standard InChI is InChI=1S/C16H22FN3OS/c1-11-8-16(2,3)19-15(22)20(11)10-14(21)18-9-12-4-6-13(17)7-5-12/h4-7,11H,8-10H2,1-3H3,(H,18,21)(H,19,22)/t11-/m0/s1. The average molecular weight is 323 g/mol. The molecule has 1 aromatic carbocycles. The molecular formula is C16H22FN3OS. The number of benzene rings is 1. The van der Waals surface area contributed by atoms with E-state index in [1.54, 1.807) is 12.1 Å². The van der Waals surface area contributed by atoms with E-state index >= 15 is 0 Å². The van der Waals surface area contributed by atoms with Gasteiger partial charge in [0, 0.05) is 18.1 Å². The van der Waals surface area contributed by atoms with Gasteiger partial charge in [0.2, 0.25) is 5.91 Å². The SMILES string of the molecule is C[C@H]1CC(C)(C)NC(=S)N1CC(=O)NCc1ccc(F)cc1. The molecule has 1 aliphatic heterocycles. The summed E-state index contributed by atoms with van der Waals surface area (Å²) in [7, 11) is 0. The number of rotatable bonds is 4. The van der Waals surface area contributed by atoms with Gasteiger partial charge in [-0.2, -0.15) is 0 Å². The Labute approximate surface area is 136 Å². The van der Waals surface area contributed by atoms with Crippen LogP contribution < -0.4 is 10.6 Å². The van der Waals surface area contributed by atoms with Gasteiger partial charge in [0.15, 0.2) is 5.11 Å². The zero-order chi connectivity index (χ0) is 16.3. The molecule has 4 nitrogen and oxygen atoms in total. The number of carbonyl (C=O) groups is 1. The third kappa shape index (κ3) is 4.40. The minimum atomic E-state index is -0.281. The number of hydrogen-bond donors (Lipinski definition) is 2. The Bertz CT molecular complexity index is 559. The van der Waals surface area contributed by atoms with Crippen molar-refractivity contribution in [1.29, 1.82) is 0 Å². The second-order valence-corrected chi connectivity index (χ2v) is 6.78. The fourth-order valence-corrected chi connectivity index (χ4v) is 3.22. The van der Waals surface area contributed by atoms with E-state index in [-0.39, 0.29) is 29.8 Å². The minimum absolute atomic E-state index is 0.0441. The van der Waals surface area contributed by atoms with E-state index in [1.165, 1.54) is 12.1 Å². The Hall–Kier alpha value is -1.69. The van der Waals surface area contributed by atoms with Crippen molar-refractivity contribution in [3.05, 3.63) is 35.6 Å². The number of thiocarbonyl (C=S) groups is 1. The maximum atomic E-state index is 12.8. The van der Waals surface area contributed by atoms with Crippen LogP contribution in [0, 0.1) is 5.82 Å². The number of amides is 1. The molecule has 0 radical (unpaired) electrons. The number of halogens is 1. The van der Waals surface area contributed by atoms with Crippen molar-refractivity contribution in [3.63, 3.8) is 0 Å². The Morgan fingerprint density at radius 3 is 2.68 bits per heavy atom. The van der Waals surface area contributed by atoms with E-state index < -0.39 is 0 Å². The summed E-state index contributed by atoms with van der Waals surface area (Å²) >= 11 is 5.36. The van der Waals surface area contributed by atoms with Crippen LogP contribution in [0.4, 0.5) is 4.39 Å². The number of nitrogens with zero attached hydrogens (tertiary/aromatic N) is 1. The van der Waals surface area contributed by atoms with Crippen molar-refractivity contribution in [2.45, 2.75) is 45.3 Å². The molecular weight excluding hydrogens is 301 g/mol. The van der Waals surface area contributed by atoms with Crippen molar-refractivity contribution >= 4 is 23.2 Å². The van der Waals surface area contributed by atoms with Crippen LogP contribution in [0.25, 0.3) is 0 Å². The van der Waals surface area contributed by atoms with Crippen LogP contribution in [0.2, 0.25) is 0 Å². The molecule has 1 saturated heterocycles. The van der Waals surface area contributed by atoms with E-state index in [4.69, 9.17) is 12.2 Å². The first-order valence-corrected chi connectivity index (χ1v) is 7.77. The first kappa shape index (κ1) is 16.7. The normalized spacial score (nSPS) is 20.5. The topological polar surface area (TPSA) is 44.4 Å². The maximum absolute atomic E-state index is 12.8. The highest BCUT2D eigenvalue weighted by atomic mass is 32.1. The molecule has 22 heavy (non-hydrogen) atoms. The molecule has 0 aromatic heterocycles. The van der Waals surface area contributed by atoms with Gasteiger partial charge in [-0.25, -0.2) is 4.39 Å². The Balaban J connectivity index is 1.86. The third-order valence-corrected chi connectivity index (χ3v) is 4.10. The molecule has 6 heteroatoms. The summed E-state index contributed by atoms with van der Waals surface area (Å²) in [6, 6.07) is 6.30. The molecule has 1 fully saturated rings. The highest BCUT2D eigenvalue weighted by molar-refractivity contribution is 7.80. The zero-order valence-electron chi connectivity index (χ0n) is 13.1. The van der Waals surface area contributed by atoms with Crippen LogP contribution in [0.5, 0.6) is 0 Å². The fourth-order valence-electron chi connectivity index (χ4n) is 2.70. The summed E-state index contributed by atoms with van der Waals surface area (Å²) < 4.78 is 12.8. The lowest BCUT2D eigenvalue weighted by atomic mass is 9.93. The summed E-state index contributed by atoms with van der Waals surface area (Å²) in [5.41, 5.74) is 0.820. The lowest BCUT2D eigenvalue weighted by Crippen LogP contribution is -2.61. The molecule has 0 spiro atoms. The Morgan fingerprint density at radius 1 is 1.45 bits per heavy atom. The molecule has 0 unspecified atom stereocenters. The molecule has 0 saturated carbocycles. The molecule has 1 aliphatic rings. The van der Waals surface area contributed by atoms with Crippen LogP contribution in [0.1, 0.15) is 32.8 Å². The number of nitrogens with one attached hydrogen (secondary N) is 2. The molecule has 1 amide bonds. The Kier molecular flexibility index (Phi) is 5.01.